The van der Waals surface area contributed by atoms with E-state index in [1.807, 2.05) is 30.3 Å². The van der Waals surface area contributed by atoms with Crippen LogP contribution in [0.25, 0.3) is 10.9 Å². The summed E-state index contributed by atoms with van der Waals surface area (Å²) < 4.78 is 0. The summed E-state index contributed by atoms with van der Waals surface area (Å²) in [7, 11) is 0. The molecule has 0 aliphatic carbocycles. The molecule has 0 saturated carbocycles. The lowest BCUT2D eigenvalue weighted by Gasteiger charge is -2.12. The third-order valence-electron chi connectivity index (χ3n) is 3.90. The molecule has 0 bridgehead atoms. The minimum absolute atomic E-state index is 0.0230. The van der Waals surface area contributed by atoms with E-state index in [1.54, 1.807) is 24.3 Å². The van der Waals surface area contributed by atoms with Crippen LogP contribution in [0.2, 0.25) is 0 Å². The van der Waals surface area contributed by atoms with E-state index in [9.17, 15) is 15.0 Å². The molecule has 24 heavy (non-hydrogen) atoms. The van der Waals surface area contributed by atoms with Crippen LogP contribution >= 0.6 is 0 Å². The van der Waals surface area contributed by atoms with Crippen molar-refractivity contribution < 1.29 is 15.0 Å². The van der Waals surface area contributed by atoms with Crippen molar-refractivity contribution >= 4 is 16.9 Å². The van der Waals surface area contributed by atoms with Gasteiger partial charge in [-0.3, -0.25) is 0 Å². The average Bonchev–Trinajstić information content (AvgIpc) is 2.61. The van der Waals surface area contributed by atoms with E-state index in [0.717, 1.165) is 6.42 Å². The van der Waals surface area contributed by atoms with Crippen LogP contribution < -0.4 is 5.32 Å². The number of carboxylic acid groups (broad SMARTS) is 1. The first-order valence-corrected chi connectivity index (χ1v) is 7.75. The van der Waals surface area contributed by atoms with E-state index < -0.39 is 5.97 Å². The average molecular weight is 322 g/mol. The number of hydrogen-bond acceptors (Lipinski definition) is 4. The quantitative estimate of drug-likeness (QED) is 0.608. The molecule has 0 atom stereocenters. The highest BCUT2D eigenvalue weighted by atomic mass is 16.4. The number of carbonyl (C=O) groups is 1. The van der Waals surface area contributed by atoms with Gasteiger partial charge in [-0.1, -0.05) is 42.5 Å². The third kappa shape index (κ3) is 3.36. The van der Waals surface area contributed by atoms with Crippen LogP contribution in [0.4, 0.5) is 0 Å². The van der Waals surface area contributed by atoms with Crippen molar-refractivity contribution in [2.24, 2.45) is 0 Å². The highest BCUT2D eigenvalue weighted by molar-refractivity contribution is 5.95. The minimum Gasteiger partial charge on any atom is -0.507 e. The summed E-state index contributed by atoms with van der Waals surface area (Å²) in [5.41, 5.74) is 1.87. The highest BCUT2D eigenvalue weighted by Crippen LogP contribution is 2.29. The molecule has 1 heterocycles. The number of pyridine rings is 1. The zero-order chi connectivity index (χ0) is 16.9. The second-order valence-corrected chi connectivity index (χ2v) is 5.52. The molecule has 0 radical (unpaired) electrons. The molecule has 0 saturated heterocycles. The van der Waals surface area contributed by atoms with Crippen LogP contribution in [0.3, 0.4) is 0 Å². The Hall–Kier alpha value is -2.92. The standard InChI is InChI=1S/C19H18N2O3/c22-18-14-8-4-5-9-16(14)21-17(19(23)24)15(18)12-20-11-10-13-6-2-1-3-7-13/h1-9,20H,10-12H2,(H,21,22)(H,23,24). The Kier molecular flexibility index (Phi) is 4.72. The van der Waals surface area contributed by atoms with Crippen LogP contribution in [0.5, 0.6) is 5.75 Å². The molecule has 5 heteroatoms. The molecular formula is C19H18N2O3. The first-order valence-electron chi connectivity index (χ1n) is 7.75. The largest absolute Gasteiger partial charge is 0.507 e. The van der Waals surface area contributed by atoms with Gasteiger partial charge in [0, 0.05) is 17.5 Å². The van der Waals surface area contributed by atoms with Crippen LogP contribution in [0, 0.1) is 0 Å². The zero-order valence-electron chi connectivity index (χ0n) is 13.1. The van der Waals surface area contributed by atoms with E-state index >= 15 is 0 Å². The first kappa shape index (κ1) is 16.0. The number of aromatic carboxylic acids is 1. The van der Waals surface area contributed by atoms with Crippen LogP contribution in [-0.2, 0) is 13.0 Å². The van der Waals surface area contributed by atoms with Gasteiger partial charge in [0.05, 0.1) is 5.52 Å². The SMILES string of the molecule is O=C(O)c1nc2ccccc2c(O)c1CNCCc1ccccc1. The van der Waals surface area contributed by atoms with Gasteiger partial charge in [-0.05, 0) is 30.7 Å². The molecular weight excluding hydrogens is 304 g/mol. The van der Waals surface area contributed by atoms with Crippen molar-refractivity contribution in [1.29, 1.82) is 0 Å². The Balaban J connectivity index is 1.79. The van der Waals surface area contributed by atoms with Gasteiger partial charge in [0.25, 0.3) is 0 Å². The van der Waals surface area contributed by atoms with E-state index in [2.05, 4.69) is 10.3 Å². The van der Waals surface area contributed by atoms with Crippen molar-refractivity contribution in [1.82, 2.24) is 10.3 Å². The Bertz CT molecular complexity index is 863. The molecule has 3 N–H and O–H groups in total. The van der Waals surface area contributed by atoms with Gasteiger partial charge < -0.3 is 15.5 Å². The third-order valence-corrected chi connectivity index (χ3v) is 3.90. The molecule has 0 unspecified atom stereocenters. The maximum absolute atomic E-state index is 11.5. The maximum atomic E-state index is 11.5. The number of nitrogens with one attached hydrogen (secondary N) is 1. The van der Waals surface area contributed by atoms with Crippen molar-refractivity contribution in [2.75, 3.05) is 6.54 Å². The fourth-order valence-electron chi connectivity index (χ4n) is 2.67. The van der Waals surface area contributed by atoms with Crippen molar-refractivity contribution in [3.63, 3.8) is 0 Å². The molecule has 1 aromatic heterocycles. The van der Waals surface area contributed by atoms with E-state index in [0.29, 0.717) is 23.0 Å². The highest BCUT2D eigenvalue weighted by Gasteiger charge is 2.18. The maximum Gasteiger partial charge on any atom is 0.354 e. The summed E-state index contributed by atoms with van der Waals surface area (Å²) in [4.78, 5) is 15.6. The van der Waals surface area contributed by atoms with Gasteiger partial charge in [0.15, 0.2) is 5.69 Å². The number of carboxylic acids is 1. The number of benzene rings is 2. The Labute approximate surface area is 139 Å². The van der Waals surface area contributed by atoms with Crippen molar-refractivity contribution in [2.45, 2.75) is 13.0 Å². The molecule has 0 amide bonds. The Morgan fingerprint density at radius 3 is 2.50 bits per heavy atom. The number of rotatable bonds is 6. The second-order valence-electron chi connectivity index (χ2n) is 5.52. The number of fused-ring (bicyclic) bond motifs is 1. The lowest BCUT2D eigenvalue weighted by atomic mass is 10.1. The Morgan fingerprint density at radius 1 is 1.04 bits per heavy atom. The lowest BCUT2D eigenvalue weighted by Crippen LogP contribution is -2.19. The molecule has 3 aromatic rings. The van der Waals surface area contributed by atoms with Crippen LogP contribution in [-0.4, -0.2) is 27.7 Å². The topological polar surface area (TPSA) is 82.5 Å². The molecule has 0 spiro atoms. The molecule has 0 aliphatic rings. The van der Waals surface area contributed by atoms with Gasteiger partial charge in [0.1, 0.15) is 5.75 Å². The summed E-state index contributed by atoms with van der Waals surface area (Å²) in [6.45, 7) is 0.924. The molecule has 0 fully saturated rings. The predicted molar refractivity (Wildman–Crippen MR) is 92.2 cm³/mol. The molecule has 0 aliphatic heterocycles. The van der Waals surface area contributed by atoms with Crippen LogP contribution in [0.1, 0.15) is 21.6 Å². The fourth-order valence-corrected chi connectivity index (χ4v) is 2.67. The number of para-hydroxylation sites is 1. The number of hydrogen-bond donors (Lipinski definition) is 3. The molecule has 5 nitrogen and oxygen atoms in total. The number of nitrogens with zero attached hydrogens (tertiary/aromatic N) is 1. The van der Waals surface area contributed by atoms with Gasteiger partial charge in [0.2, 0.25) is 0 Å². The van der Waals surface area contributed by atoms with Gasteiger partial charge in [-0.15, -0.1) is 0 Å². The van der Waals surface area contributed by atoms with E-state index in [4.69, 9.17) is 0 Å². The number of aromatic hydroxyl groups is 1. The summed E-state index contributed by atoms with van der Waals surface area (Å²) in [5, 5.41) is 23.6. The van der Waals surface area contributed by atoms with Crippen LogP contribution in [0.15, 0.2) is 54.6 Å². The summed E-state index contributed by atoms with van der Waals surface area (Å²) >= 11 is 0. The molecule has 3 rings (SSSR count). The van der Waals surface area contributed by atoms with E-state index in [1.165, 1.54) is 5.56 Å². The lowest BCUT2D eigenvalue weighted by molar-refractivity contribution is 0.0689. The minimum atomic E-state index is -1.14. The summed E-state index contributed by atoms with van der Waals surface area (Å²) in [6.07, 6.45) is 0.824. The second kappa shape index (κ2) is 7.10. The number of aromatic nitrogens is 1. The fraction of sp³-hybridized carbons (Fsp3) is 0.158. The summed E-state index contributed by atoms with van der Waals surface area (Å²) in [5.74, 6) is -1.17. The Morgan fingerprint density at radius 2 is 1.75 bits per heavy atom. The first-order chi connectivity index (χ1) is 11.7. The smallest absolute Gasteiger partial charge is 0.354 e. The normalized spacial score (nSPS) is 10.8. The van der Waals surface area contributed by atoms with Gasteiger partial charge in [-0.2, -0.15) is 0 Å². The van der Waals surface area contributed by atoms with Crippen molar-refractivity contribution in [3.05, 3.63) is 71.4 Å². The molecule has 122 valence electrons. The molecule has 2 aromatic carbocycles. The van der Waals surface area contributed by atoms with Gasteiger partial charge >= 0.3 is 5.97 Å². The summed E-state index contributed by atoms with van der Waals surface area (Å²) in [6, 6.07) is 17.0. The van der Waals surface area contributed by atoms with E-state index in [-0.39, 0.29) is 18.0 Å². The zero-order valence-corrected chi connectivity index (χ0v) is 13.1. The van der Waals surface area contributed by atoms with Gasteiger partial charge in [-0.25, -0.2) is 9.78 Å². The predicted octanol–water partition coefficient (Wildman–Crippen LogP) is 2.97. The van der Waals surface area contributed by atoms with Crippen molar-refractivity contribution in [3.8, 4) is 5.75 Å². The monoisotopic (exact) mass is 322 g/mol.